The van der Waals surface area contributed by atoms with Gasteiger partial charge in [0, 0.05) is 18.3 Å². The highest BCUT2D eigenvalue weighted by Gasteiger charge is 1.97. The molecule has 0 bridgehead atoms. The number of hydrogen-bond donors (Lipinski definition) is 2. The number of rotatable bonds is 5. The van der Waals surface area contributed by atoms with Crippen LogP contribution in [-0.4, -0.2) is 13.0 Å². The van der Waals surface area contributed by atoms with Gasteiger partial charge in [-0.05, 0) is 41.5 Å². The van der Waals surface area contributed by atoms with Crippen LogP contribution in [0.3, 0.4) is 0 Å². The largest absolute Gasteiger partial charge is 0.497 e. The lowest BCUT2D eigenvalue weighted by molar-refractivity contribution is -0.116. The molecule has 0 saturated carbocycles. The van der Waals surface area contributed by atoms with Crippen molar-refractivity contribution >= 4 is 17.7 Å². The van der Waals surface area contributed by atoms with Crippen molar-refractivity contribution in [2.24, 2.45) is 0 Å². The van der Waals surface area contributed by atoms with Gasteiger partial charge in [-0.25, -0.2) is 0 Å². The first-order chi connectivity index (χ1) is 10.2. The van der Waals surface area contributed by atoms with Gasteiger partial charge in [0.15, 0.2) is 0 Å². The van der Waals surface area contributed by atoms with Gasteiger partial charge in [-0.3, -0.25) is 4.79 Å². The van der Waals surface area contributed by atoms with Crippen molar-refractivity contribution in [2.75, 3.05) is 12.8 Å². The normalized spacial score (nSPS) is 10.5. The zero-order valence-corrected chi connectivity index (χ0v) is 11.9. The average Bonchev–Trinajstić information content (AvgIpc) is 2.53. The number of anilines is 1. The van der Waals surface area contributed by atoms with Crippen LogP contribution >= 0.6 is 0 Å². The van der Waals surface area contributed by atoms with E-state index in [2.05, 4.69) is 5.32 Å². The molecule has 0 aliphatic rings. The monoisotopic (exact) mass is 282 g/mol. The van der Waals surface area contributed by atoms with Gasteiger partial charge in [-0.15, -0.1) is 0 Å². The van der Waals surface area contributed by atoms with Crippen molar-refractivity contribution in [3.05, 3.63) is 65.7 Å². The Morgan fingerprint density at radius 2 is 1.81 bits per heavy atom. The van der Waals surface area contributed by atoms with Gasteiger partial charge in [0.05, 0.1) is 7.11 Å². The predicted molar refractivity (Wildman–Crippen MR) is 84.7 cm³/mol. The molecule has 0 fully saturated rings. The molecule has 0 aromatic heterocycles. The number of nitrogens with one attached hydrogen (secondary N) is 1. The van der Waals surface area contributed by atoms with Crippen LogP contribution in [0.4, 0.5) is 5.69 Å². The summed E-state index contributed by atoms with van der Waals surface area (Å²) in [6, 6.07) is 14.9. The number of benzene rings is 2. The number of amides is 1. The molecule has 0 aliphatic heterocycles. The van der Waals surface area contributed by atoms with E-state index in [0.29, 0.717) is 12.2 Å². The van der Waals surface area contributed by atoms with Crippen LogP contribution in [0.2, 0.25) is 0 Å². The van der Waals surface area contributed by atoms with E-state index in [9.17, 15) is 4.79 Å². The second-order valence-electron chi connectivity index (χ2n) is 4.57. The van der Waals surface area contributed by atoms with Crippen molar-refractivity contribution in [1.29, 1.82) is 0 Å². The minimum Gasteiger partial charge on any atom is -0.497 e. The number of nitrogen functional groups attached to an aromatic ring is 1. The van der Waals surface area contributed by atoms with Crippen molar-refractivity contribution in [3.63, 3.8) is 0 Å². The molecule has 0 aliphatic carbocycles. The summed E-state index contributed by atoms with van der Waals surface area (Å²) in [7, 11) is 1.62. The first-order valence-electron chi connectivity index (χ1n) is 6.62. The van der Waals surface area contributed by atoms with E-state index in [1.165, 1.54) is 6.08 Å². The molecule has 108 valence electrons. The van der Waals surface area contributed by atoms with Gasteiger partial charge in [-0.2, -0.15) is 0 Å². The first kappa shape index (κ1) is 14.7. The van der Waals surface area contributed by atoms with Crippen LogP contribution < -0.4 is 15.8 Å². The van der Waals surface area contributed by atoms with E-state index in [-0.39, 0.29) is 5.91 Å². The number of ether oxygens (including phenoxy) is 1. The Kier molecular flexibility index (Phi) is 4.99. The van der Waals surface area contributed by atoms with Crippen LogP contribution in [0, 0.1) is 0 Å². The SMILES string of the molecule is COc1ccc(/C=C/C(=O)NCc2ccc(N)cc2)cc1. The van der Waals surface area contributed by atoms with E-state index in [4.69, 9.17) is 10.5 Å². The maximum absolute atomic E-state index is 11.7. The molecular formula is C17H18N2O2. The summed E-state index contributed by atoms with van der Waals surface area (Å²) in [4.78, 5) is 11.7. The summed E-state index contributed by atoms with van der Waals surface area (Å²) in [5.41, 5.74) is 8.27. The number of methoxy groups -OCH3 is 1. The van der Waals surface area contributed by atoms with Gasteiger partial charge < -0.3 is 15.8 Å². The second kappa shape index (κ2) is 7.14. The third-order valence-electron chi connectivity index (χ3n) is 2.99. The fourth-order valence-electron chi connectivity index (χ4n) is 1.77. The Balaban J connectivity index is 1.85. The summed E-state index contributed by atoms with van der Waals surface area (Å²) >= 11 is 0. The van der Waals surface area contributed by atoms with Crippen molar-refractivity contribution in [3.8, 4) is 5.75 Å². The van der Waals surface area contributed by atoms with Gasteiger partial charge in [0.2, 0.25) is 5.91 Å². The van der Waals surface area contributed by atoms with Crippen LogP contribution in [0.25, 0.3) is 6.08 Å². The van der Waals surface area contributed by atoms with Gasteiger partial charge >= 0.3 is 0 Å². The first-order valence-corrected chi connectivity index (χ1v) is 6.62. The fourth-order valence-corrected chi connectivity index (χ4v) is 1.77. The van der Waals surface area contributed by atoms with Gasteiger partial charge in [0.25, 0.3) is 0 Å². The molecule has 0 spiro atoms. The molecule has 2 aromatic rings. The molecule has 0 atom stereocenters. The molecular weight excluding hydrogens is 264 g/mol. The molecule has 0 unspecified atom stereocenters. The summed E-state index contributed by atoms with van der Waals surface area (Å²) in [6.45, 7) is 0.478. The lowest BCUT2D eigenvalue weighted by Gasteiger charge is -2.03. The topological polar surface area (TPSA) is 64.3 Å². The fraction of sp³-hybridized carbons (Fsp3) is 0.118. The third kappa shape index (κ3) is 4.69. The lowest BCUT2D eigenvalue weighted by Crippen LogP contribution is -2.20. The number of nitrogens with two attached hydrogens (primary N) is 1. The van der Waals surface area contributed by atoms with E-state index < -0.39 is 0 Å². The Labute approximate surface area is 124 Å². The standard InChI is InChI=1S/C17H18N2O2/c1-21-16-9-4-13(5-10-16)6-11-17(20)19-12-14-2-7-15(18)8-3-14/h2-11H,12,18H2,1H3,(H,19,20)/b11-6+. The quantitative estimate of drug-likeness (QED) is 0.654. The van der Waals surface area contributed by atoms with Crippen molar-refractivity contribution in [2.45, 2.75) is 6.54 Å². The Bertz CT molecular complexity index is 616. The number of carbonyl (C=O) groups excluding carboxylic acids is 1. The molecule has 0 heterocycles. The Hall–Kier alpha value is -2.75. The van der Waals surface area contributed by atoms with Crippen LogP contribution in [0.15, 0.2) is 54.6 Å². The predicted octanol–water partition coefficient (Wildman–Crippen LogP) is 2.61. The number of hydrogen-bond acceptors (Lipinski definition) is 3. The summed E-state index contributed by atoms with van der Waals surface area (Å²) < 4.78 is 5.08. The third-order valence-corrected chi connectivity index (χ3v) is 2.99. The molecule has 2 rings (SSSR count). The molecule has 4 heteroatoms. The van der Waals surface area contributed by atoms with Crippen LogP contribution in [0.5, 0.6) is 5.75 Å². The highest BCUT2D eigenvalue weighted by molar-refractivity contribution is 5.91. The zero-order valence-electron chi connectivity index (χ0n) is 11.9. The van der Waals surface area contributed by atoms with Crippen molar-refractivity contribution < 1.29 is 9.53 Å². The molecule has 0 radical (unpaired) electrons. The van der Waals surface area contributed by atoms with Gasteiger partial charge in [0.1, 0.15) is 5.75 Å². The molecule has 0 saturated heterocycles. The molecule has 4 nitrogen and oxygen atoms in total. The number of carbonyl (C=O) groups is 1. The Morgan fingerprint density at radius 1 is 1.14 bits per heavy atom. The smallest absolute Gasteiger partial charge is 0.244 e. The van der Waals surface area contributed by atoms with E-state index in [1.54, 1.807) is 13.2 Å². The van der Waals surface area contributed by atoms with Crippen LogP contribution in [0.1, 0.15) is 11.1 Å². The Morgan fingerprint density at radius 3 is 2.43 bits per heavy atom. The summed E-state index contributed by atoms with van der Waals surface area (Å²) in [5, 5.41) is 2.82. The molecule has 3 N–H and O–H groups in total. The molecule has 2 aromatic carbocycles. The highest BCUT2D eigenvalue weighted by atomic mass is 16.5. The van der Waals surface area contributed by atoms with Crippen molar-refractivity contribution in [1.82, 2.24) is 5.32 Å². The van der Waals surface area contributed by atoms with Gasteiger partial charge in [-0.1, -0.05) is 24.3 Å². The van der Waals surface area contributed by atoms with E-state index >= 15 is 0 Å². The summed E-state index contributed by atoms with van der Waals surface area (Å²) in [6.07, 6.45) is 3.27. The average molecular weight is 282 g/mol. The summed E-state index contributed by atoms with van der Waals surface area (Å²) in [5.74, 6) is 0.655. The lowest BCUT2D eigenvalue weighted by atomic mass is 10.2. The van der Waals surface area contributed by atoms with E-state index in [0.717, 1.165) is 16.9 Å². The maximum atomic E-state index is 11.7. The second-order valence-corrected chi connectivity index (χ2v) is 4.57. The molecule has 1 amide bonds. The maximum Gasteiger partial charge on any atom is 0.244 e. The minimum atomic E-state index is -0.136. The molecule has 21 heavy (non-hydrogen) atoms. The minimum absolute atomic E-state index is 0.136. The van der Waals surface area contributed by atoms with Crippen LogP contribution in [-0.2, 0) is 11.3 Å². The highest BCUT2D eigenvalue weighted by Crippen LogP contribution is 2.12. The van der Waals surface area contributed by atoms with E-state index in [1.807, 2.05) is 48.5 Å². The zero-order chi connectivity index (χ0) is 15.1.